The quantitative estimate of drug-likeness (QED) is 0.754. The van der Waals surface area contributed by atoms with Gasteiger partial charge in [0, 0.05) is 11.2 Å². The second-order valence-electron chi connectivity index (χ2n) is 5.10. The largest absolute Gasteiger partial charge is 0.479 e. The minimum Gasteiger partial charge on any atom is -0.479 e. The SMILES string of the molecule is C[C@@H](Oc1ccc(Cl)cc1Cl)C(=O)NCc1nnc2ccccn12. The lowest BCUT2D eigenvalue weighted by Crippen LogP contribution is -2.36. The number of benzene rings is 1. The van der Waals surface area contributed by atoms with Gasteiger partial charge in [-0.05, 0) is 37.3 Å². The Labute approximate surface area is 148 Å². The number of amides is 1. The number of nitrogens with zero attached hydrogens (tertiary/aromatic N) is 3. The molecule has 2 aromatic heterocycles. The molecule has 0 spiro atoms. The van der Waals surface area contributed by atoms with E-state index in [0.717, 1.165) is 5.65 Å². The number of pyridine rings is 1. The number of ether oxygens (including phenoxy) is 1. The summed E-state index contributed by atoms with van der Waals surface area (Å²) in [6.45, 7) is 1.88. The second kappa shape index (κ2) is 7.07. The van der Waals surface area contributed by atoms with Gasteiger partial charge in [0.1, 0.15) is 5.75 Å². The molecule has 3 rings (SSSR count). The molecule has 1 aromatic carbocycles. The second-order valence-corrected chi connectivity index (χ2v) is 5.94. The minimum atomic E-state index is -0.720. The summed E-state index contributed by atoms with van der Waals surface area (Å²) < 4.78 is 7.38. The van der Waals surface area contributed by atoms with Crippen molar-refractivity contribution in [3.8, 4) is 5.75 Å². The van der Waals surface area contributed by atoms with Gasteiger partial charge in [0.05, 0.1) is 11.6 Å². The first-order chi connectivity index (χ1) is 11.5. The van der Waals surface area contributed by atoms with Gasteiger partial charge in [-0.2, -0.15) is 0 Å². The minimum absolute atomic E-state index is 0.242. The van der Waals surface area contributed by atoms with Gasteiger partial charge >= 0.3 is 0 Å². The molecule has 0 fully saturated rings. The third-order valence-corrected chi connectivity index (χ3v) is 3.90. The van der Waals surface area contributed by atoms with Crippen LogP contribution in [-0.4, -0.2) is 26.6 Å². The highest BCUT2D eigenvalue weighted by Gasteiger charge is 2.17. The normalized spacial score (nSPS) is 12.1. The molecule has 0 unspecified atom stereocenters. The Morgan fingerprint density at radius 3 is 2.92 bits per heavy atom. The molecule has 24 heavy (non-hydrogen) atoms. The van der Waals surface area contributed by atoms with Crippen LogP contribution in [0.15, 0.2) is 42.6 Å². The van der Waals surface area contributed by atoms with Crippen LogP contribution in [0.25, 0.3) is 5.65 Å². The Bertz CT molecular complexity index is 881. The van der Waals surface area contributed by atoms with Crippen molar-refractivity contribution in [3.63, 3.8) is 0 Å². The number of hydrogen-bond acceptors (Lipinski definition) is 4. The Morgan fingerprint density at radius 1 is 1.29 bits per heavy atom. The topological polar surface area (TPSA) is 68.5 Å². The van der Waals surface area contributed by atoms with E-state index in [0.29, 0.717) is 21.6 Å². The lowest BCUT2D eigenvalue weighted by molar-refractivity contribution is -0.127. The molecule has 1 N–H and O–H groups in total. The summed E-state index contributed by atoms with van der Waals surface area (Å²) in [4.78, 5) is 12.2. The molecule has 0 aliphatic carbocycles. The van der Waals surface area contributed by atoms with Crippen molar-refractivity contribution in [3.05, 3.63) is 58.5 Å². The van der Waals surface area contributed by atoms with Crippen LogP contribution in [0, 0.1) is 0 Å². The van der Waals surface area contributed by atoms with Gasteiger partial charge in [-0.3, -0.25) is 9.20 Å². The first-order valence-electron chi connectivity index (χ1n) is 7.22. The van der Waals surface area contributed by atoms with Crippen LogP contribution in [-0.2, 0) is 11.3 Å². The summed E-state index contributed by atoms with van der Waals surface area (Å²) in [6, 6.07) is 10.4. The predicted octanol–water partition coefficient (Wildman–Crippen LogP) is 3.12. The van der Waals surface area contributed by atoms with E-state index < -0.39 is 6.10 Å². The van der Waals surface area contributed by atoms with Crippen LogP contribution in [0.5, 0.6) is 5.75 Å². The highest BCUT2D eigenvalue weighted by Crippen LogP contribution is 2.28. The van der Waals surface area contributed by atoms with Gasteiger partial charge < -0.3 is 10.1 Å². The fourth-order valence-electron chi connectivity index (χ4n) is 2.14. The maximum atomic E-state index is 12.2. The van der Waals surface area contributed by atoms with Crippen molar-refractivity contribution >= 4 is 34.8 Å². The van der Waals surface area contributed by atoms with Crippen LogP contribution in [0.2, 0.25) is 10.0 Å². The fraction of sp³-hybridized carbons (Fsp3) is 0.188. The summed E-state index contributed by atoms with van der Waals surface area (Å²) in [5.41, 5.74) is 0.721. The predicted molar refractivity (Wildman–Crippen MR) is 91.4 cm³/mol. The molecule has 3 aromatic rings. The molecular formula is C16H14Cl2N4O2. The Morgan fingerprint density at radius 2 is 2.12 bits per heavy atom. The van der Waals surface area contributed by atoms with E-state index in [1.807, 2.05) is 28.8 Å². The van der Waals surface area contributed by atoms with Gasteiger partial charge in [-0.1, -0.05) is 29.3 Å². The van der Waals surface area contributed by atoms with Gasteiger partial charge in [0.2, 0.25) is 0 Å². The first kappa shape index (κ1) is 16.5. The number of carbonyl (C=O) groups excluding carboxylic acids is 1. The van der Waals surface area contributed by atoms with Gasteiger partial charge in [0.25, 0.3) is 5.91 Å². The molecule has 124 valence electrons. The zero-order valence-electron chi connectivity index (χ0n) is 12.7. The molecule has 0 aliphatic rings. The highest BCUT2D eigenvalue weighted by molar-refractivity contribution is 6.35. The van der Waals surface area contributed by atoms with E-state index in [-0.39, 0.29) is 12.5 Å². The molecular weight excluding hydrogens is 351 g/mol. The molecule has 1 atom stereocenters. The maximum absolute atomic E-state index is 12.2. The van der Waals surface area contributed by atoms with Gasteiger partial charge in [-0.25, -0.2) is 0 Å². The number of fused-ring (bicyclic) bond motifs is 1. The van der Waals surface area contributed by atoms with Crippen LogP contribution in [0.1, 0.15) is 12.7 Å². The van der Waals surface area contributed by atoms with Crippen molar-refractivity contribution in [1.82, 2.24) is 19.9 Å². The standard InChI is InChI=1S/C16H14Cl2N4O2/c1-10(24-13-6-5-11(17)8-12(13)18)16(23)19-9-15-21-20-14-4-2-3-7-22(14)15/h2-8,10H,9H2,1H3,(H,19,23)/t10-/m1/s1. The number of hydrogen-bond donors (Lipinski definition) is 1. The van der Waals surface area contributed by atoms with Crippen LogP contribution >= 0.6 is 23.2 Å². The average Bonchev–Trinajstić information content (AvgIpc) is 2.98. The smallest absolute Gasteiger partial charge is 0.261 e. The van der Waals surface area contributed by atoms with Crippen molar-refractivity contribution < 1.29 is 9.53 Å². The lowest BCUT2D eigenvalue weighted by Gasteiger charge is -2.15. The molecule has 1 amide bonds. The van der Waals surface area contributed by atoms with Gasteiger partial charge in [0.15, 0.2) is 17.6 Å². The third kappa shape index (κ3) is 3.60. The molecule has 0 aliphatic heterocycles. The molecule has 2 heterocycles. The molecule has 6 nitrogen and oxygen atoms in total. The summed E-state index contributed by atoms with van der Waals surface area (Å²) >= 11 is 11.9. The van der Waals surface area contributed by atoms with E-state index in [1.54, 1.807) is 25.1 Å². The summed E-state index contributed by atoms with van der Waals surface area (Å²) in [6.07, 6.45) is 1.12. The van der Waals surface area contributed by atoms with E-state index in [9.17, 15) is 4.79 Å². The van der Waals surface area contributed by atoms with Crippen LogP contribution in [0.3, 0.4) is 0 Å². The monoisotopic (exact) mass is 364 g/mol. The molecule has 8 heteroatoms. The number of carbonyl (C=O) groups is 1. The molecule has 0 radical (unpaired) electrons. The Hall–Kier alpha value is -2.31. The van der Waals surface area contributed by atoms with Crippen LogP contribution in [0.4, 0.5) is 0 Å². The number of halogens is 2. The van der Waals surface area contributed by atoms with E-state index >= 15 is 0 Å². The Kier molecular flexibility index (Phi) is 4.87. The molecule has 0 saturated heterocycles. The van der Waals surface area contributed by atoms with E-state index in [4.69, 9.17) is 27.9 Å². The zero-order valence-corrected chi connectivity index (χ0v) is 14.3. The van der Waals surface area contributed by atoms with Crippen molar-refractivity contribution in [2.24, 2.45) is 0 Å². The fourth-order valence-corrected chi connectivity index (χ4v) is 2.59. The van der Waals surface area contributed by atoms with Crippen molar-refractivity contribution in [2.75, 3.05) is 0 Å². The van der Waals surface area contributed by atoms with Gasteiger partial charge in [-0.15, -0.1) is 10.2 Å². The average molecular weight is 365 g/mol. The third-order valence-electron chi connectivity index (χ3n) is 3.37. The highest BCUT2D eigenvalue weighted by atomic mass is 35.5. The van der Waals surface area contributed by atoms with Crippen LogP contribution < -0.4 is 10.1 Å². The van der Waals surface area contributed by atoms with E-state index in [1.165, 1.54) is 0 Å². The van der Waals surface area contributed by atoms with Crippen molar-refractivity contribution in [2.45, 2.75) is 19.6 Å². The van der Waals surface area contributed by atoms with E-state index in [2.05, 4.69) is 15.5 Å². The zero-order chi connectivity index (χ0) is 17.1. The summed E-state index contributed by atoms with van der Waals surface area (Å²) in [5, 5.41) is 11.7. The number of rotatable bonds is 5. The summed E-state index contributed by atoms with van der Waals surface area (Å²) in [5.74, 6) is 0.751. The molecule has 0 bridgehead atoms. The first-order valence-corrected chi connectivity index (χ1v) is 7.98. The lowest BCUT2D eigenvalue weighted by atomic mass is 10.3. The maximum Gasteiger partial charge on any atom is 0.261 e. The number of aromatic nitrogens is 3. The van der Waals surface area contributed by atoms with Crippen molar-refractivity contribution in [1.29, 1.82) is 0 Å². The number of nitrogens with one attached hydrogen (secondary N) is 1. The summed E-state index contributed by atoms with van der Waals surface area (Å²) in [7, 11) is 0. The molecule has 0 saturated carbocycles. The Balaban J connectivity index is 1.62.